The molecule has 1 aliphatic rings. The van der Waals surface area contributed by atoms with Crippen molar-refractivity contribution < 1.29 is 19.1 Å². The van der Waals surface area contributed by atoms with Crippen LogP contribution in [0.4, 0.5) is 0 Å². The molecule has 21 heavy (non-hydrogen) atoms. The maximum atomic E-state index is 12.1. The van der Waals surface area contributed by atoms with Gasteiger partial charge in [-0.3, -0.25) is 9.59 Å². The van der Waals surface area contributed by atoms with E-state index in [0.29, 0.717) is 25.3 Å². The van der Waals surface area contributed by atoms with E-state index >= 15 is 0 Å². The van der Waals surface area contributed by atoms with Gasteiger partial charge < -0.3 is 19.7 Å². The summed E-state index contributed by atoms with van der Waals surface area (Å²) in [6.45, 7) is 4.51. The van der Waals surface area contributed by atoms with Crippen molar-refractivity contribution in [3.05, 3.63) is 24.2 Å². The van der Waals surface area contributed by atoms with Gasteiger partial charge >= 0.3 is 0 Å². The molecule has 2 amide bonds. The summed E-state index contributed by atoms with van der Waals surface area (Å²) in [4.78, 5) is 25.6. The van der Waals surface area contributed by atoms with Crippen molar-refractivity contribution in [1.29, 1.82) is 0 Å². The van der Waals surface area contributed by atoms with Crippen molar-refractivity contribution in [3.8, 4) is 0 Å². The first kappa shape index (κ1) is 15.6. The van der Waals surface area contributed by atoms with Gasteiger partial charge in [0.15, 0.2) is 0 Å². The largest absolute Gasteiger partial charge is 0.467 e. The fourth-order valence-electron chi connectivity index (χ4n) is 2.24. The number of rotatable bonds is 6. The number of carbonyl (C=O) groups is 2. The van der Waals surface area contributed by atoms with E-state index in [-0.39, 0.29) is 30.7 Å². The van der Waals surface area contributed by atoms with Crippen molar-refractivity contribution >= 4 is 11.8 Å². The Kier molecular flexibility index (Phi) is 4.67. The lowest BCUT2D eigenvalue weighted by Crippen LogP contribution is -2.42. The standard InChI is InChI=1S/C15H22N2O4/c1-3-15(2,20)10-16-14(19)11-7-13(18)17(8-11)9-12-5-4-6-21-12/h4-6,11,20H,3,7-10H2,1-2H3,(H,16,19)/t11-,15-/m1/s1. The Balaban J connectivity index is 1.85. The SMILES string of the molecule is CC[C@@](C)(O)CNC(=O)[C@@H]1CC(=O)N(Cc2ccco2)C1. The topological polar surface area (TPSA) is 82.8 Å². The molecule has 1 saturated heterocycles. The number of hydrogen-bond acceptors (Lipinski definition) is 4. The second kappa shape index (κ2) is 6.30. The number of likely N-dealkylation sites (tertiary alicyclic amines) is 1. The average Bonchev–Trinajstić information content (AvgIpc) is 3.07. The van der Waals surface area contributed by atoms with Crippen LogP contribution in [0.2, 0.25) is 0 Å². The Hall–Kier alpha value is -1.82. The fourth-order valence-corrected chi connectivity index (χ4v) is 2.24. The Morgan fingerprint density at radius 2 is 2.38 bits per heavy atom. The van der Waals surface area contributed by atoms with Crippen LogP contribution in [-0.4, -0.2) is 40.5 Å². The summed E-state index contributed by atoms with van der Waals surface area (Å²) in [6.07, 6.45) is 2.33. The number of furan rings is 1. The molecule has 2 heterocycles. The van der Waals surface area contributed by atoms with Crippen molar-refractivity contribution in [2.45, 2.75) is 38.8 Å². The lowest BCUT2D eigenvalue weighted by molar-refractivity contribution is -0.129. The third-order valence-corrected chi connectivity index (χ3v) is 3.92. The van der Waals surface area contributed by atoms with Crippen molar-refractivity contribution in [2.75, 3.05) is 13.1 Å². The molecule has 1 fully saturated rings. The van der Waals surface area contributed by atoms with Crippen molar-refractivity contribution in [3.63, 3.8) is 0 Å². The first-order valence-electron chi connectivity index (χ1n) is 7.21. The highest BCUT2D eigenvalue weighted by molar-refractivity contribution is 5.89. The van der Waals surface area contributed by atoms with Gasteiger partial charge in [0.1, 0.15) is 5.76 Å². The molecule has 0 spiro atoms. The summed E-state index contributed by atoms with van der Waals surface area (Å²) in [5.74, 6) is 0.117. The summed E-state index contributed by atoms with van der Waals surface area (Å²) < 4.78 is 5.22. The molecule has 0 unspecified atom stereocenters. The van der Waals surface area contributed by atoms with Crippen molar-refractivity contribution in [1.82, 2.24) is 10.2 Å². The fraction of sp³-hybridized carbons (Fsp3) is 0.600. The highest BCUT2D eigenvalue weighted by Crippen LogP contribution is 2.20. The summed E-state index contributed by atoms with van der Waals surface area (Å²) in [6, 6.07) is 3.58. The van der Waals surface area contributed by atoms with Crippen LogP contribution >= 0.6 is 0 Å². The summed E-state index contributed by atoms with van der Waals surface area (Å²) in [7, 11) is 0. The highest BCUT2D eigenvalue weighted by Gasteiger charge is 2.35. The van der Waals surface area contributed by atoms with E-state index in [1.165, 1.54) is 0 Å². The molecule has 2 N–H and O–H groups in total. The number of carbonyl (C=O) groups excluding carboxylic acids is 2. The number of nitrogens with zero attached hydrogens (tertiary/aromatic N) is 1. The molecule has 0 bridgehead atoms. The van der Waals surface area contributed by atoms with E-state index < -0.39 is 5.60 Å². The van der Waals surface area contributed by atoms with Gasteiger partial charge in [-0.1, -0.05) is 6.92 Å². The van der Waals surface area contributed by atoms with Gasteiger partial charge in [0.25, 0.3) is 0 Å². The van der Waals surface area contributed by atoms with Crippen LogP contribution in [0.3, 0.4) is 0 Å². The monoisotopic (exact) mass is 294 g/mol. The zero-order valence-corrected chi connectivity index (χ0v) is 12.5. The molecule has 0 saturated carbocycles. The van der Waals surface area contributed by atoms with Gasteiger partial charge in [-0.05, 0) is 25.5 Å². The minimum absolute atomic E-state index is 0.0474. The third kappa shape index (κ3) is 4.07. The van der Waals surface area contributed by atoms with Crippen LogP contribution in [-0.2, 0) is 16.1 Å². The highest BCUT2D eigenvalue weighted by atomic mass is 16.3. The quantitative estimate of drug-likeness (QED) is 0.817. The summed E-state index contributed by atoms with van der Waals surface area (Å²) in [5.41, 5.74) is -0.911. The number of hydrogen-bond donors (Lipinski definition) is 2. The number of amides is 2. The molecule has 0 aliphatic carbocycles. The Morgan fingerprint density at radius 3 is 3.00 bits per heavy atom. The molecule has 116 valence electrons. The van der Waals surface area contributed by atoms with Crippen LogP contribution in [0.15, 0.2) is 22.8 Å². The second-order valence-electron chi connectivity index (χ2n) is 5.82. The molecule has 6 nitrogen and oxygen atoms in total. The zero-order chi connectivity index (χ0) is 15.5. The van der Waals surface area contributed by atoms with Crippen LogP contribution in [0.5, 0.6) is 0 Å². The van der Waals surface area contributed by atoms with Crippen LogP contribution in [0, 0.1) is 5.92 Å². The Labute approximate surface area is 124 Å². The first-order valence-corrected chi connectivity index (χ1v) is 7.21. The van der Waals surface area contributed by atoms with E-state index in [4.69, 9.17) is 4.42 Å². The predicted molar refractivity (Wildman–Crippen MR) is 76.2 cm³/mol. The van der Waals surface area contributed by atoms with Gasteiger partial charge in [-0.25, -0.2) is 0 Å². The maximum Gasteiger partial charge on any atom is 0.225 e. The van der Waals surface area contributed by atoms with E-state index in [1.54, 1.807) is 30.2 Å². The van der Waals surface area contributed by atoms with Crippen LogP contribution in [0.25, 0.3) is 0 Å². The molecule has 1 aliphatic heterocycles. The normalized spacial score (nSPS) is 21.4. The molecule has 0 radical (unpaired) electrons. The van der Waals surface area contributed by atoms with Gasteiger partial charge in [-0.2, -0.15) is 0 Å². The number of aliphatic hydroxyl groups is 1. The molecular weight excluding hydrogens is 272 g/mol. The van der Waals surface area contributed by atoms with E-state index in [0.717, 1.165) is 0 Å². The minimum Gasteiger partial charge on any atom is -0.467 e. The second-order valence-corrected chi connectivity index (χ2v) is 5.82. The Morgan fingerprint density at radius 1 is 1.62 bits per heavy atom. The minimum atomic E-state index is -0.911. The molecule has 2 rings (SSSR count). The van der Waals surface area contributed by atoms with E-state index in [9.17, 15) is 14.7 Å². The molecular formula is C15H22N2O4. The summed E-state index contributed by atoms with van der Waals surface area (Å²) >= 11 is 0. The Bertz CT molecular complexity index is 496. The third-order valence-electron chi connectivity index (χ3n) is 3.92. The molecule has 1 aromatic heterocycles. The molecule has 1 aromatic rings. The lowest BCUT2D eigenvalue weighted by Gasteiger charge is -2.22. The predicted octanol–water partition coefficient (Wildman–Crippen LogP) is 0.905. The first-order chi connectivity index (χ1) is 9.91. The smallest absolute Gasteiger partial charge is 0.225 e. The molecule has 2 atom stereocenters. The van der Waals surface area contributed by atoms with Gasteiger partial charge in [-0.15, -0.1) is 0 Å². The maximum absolute atomic E-state index is 12.1. The van der Waals surface area contributed by atoms with Gasteiger partial charge in [0.05, 0.1) is 24.3 Å². The average molecular weight is 294 g/mol. The van der Waals surface area contributed by atoms with Gasteiger partial charge in [0, 0.05) is 19.5 Å². The van der Waals surface area contributed by atoms with Gasteiger partial charge in [0.2, 0.25) is 11.8 Å². The molecule has 6 heteroatoms. The van der Waals surface area contributed by atoms with E-state index in [1.807, 2.05) is 6.92 Å². The summed E-state index contributed by atoms with van der Waals surface area (Å²) in [5, 5.41) is 12.6. The van der Waals surface area contributed by atoms with Crippen molar-refractivity contribution in [2.24, 2.45) is 5.92 Å². The lowest BCUT2D eigenvalue weighted by atomic mass is 10.0. The molecule has 0 aromatic carbocycles. The number of nitrogens with one attached hydrogen (secondary N) is 1. The van der Waals surface area contributed by atoms with E-state index in [2.05, 4.69) is 5.32 Å². The van der Waals surface area contributed by atoms with Crippen LogP contribution in [0.1, 0.15) is 32.4 Å². The van der Waals surface area contributed by atoms with Crippen LogP contribution < -0.4 is 5.32 Å². The zero-order valence-electron chi connectivity index (χ0n) is 12.5.